The van der Waals surface area contributed by atoms with Crippen LogP contribution < -0.4 is 0 Å². The lowest BCUT2D eigenvalue weighted by atomic mass is 10.0. The van der Waals surface area contributed by atoms with Crippen molar-refractivity contribution in [3.05, 3.63) is 85.1 Å². The first-order chi connectivity index (χ1) is 37.0. The molecule has 0 spiro atoms. The molecule has 0 aromatic carbocycles. The maximum atomic E-state index is 12.9. The van der Waals surface area contributed by atoms with E-state index in [1.165, 1.54) is 180 Å². The minimum Gasteiger partial charge on any atom is -0.462 e. The molecule has 6 heteroatoms. The zero-order valence-corrected chi connectivity index (χ0v) is 49.6. The molecule has 0 saturated carbocycles. The average Bonchev–Trinajstić information content (AvgIpc) is 3.41. The van der Waals surface area contributed by atoms with Gasteiger partial charge in [0, 0.05) is 19.3 Å². The quantitative estimate of drug-likeness (QED) is 0.0261. The van der Waals surface area contributed by atoms with Crippen LogP contribution in [0.4, 0.5) is 0 Å². The zero-order valence-electron chi connectivity index (χ0n) is 49.6. The van der Waals surface area contributed by atoms with Gasteiger partial charge in [-0.05, 0) is 96.3 Å². The van der Waals surface area contributed by atoms with Gasteiger partial charge in [-0.25, -0.2) is 0 Å². The van der Waals surface area contributed by atoms with Crippen molar-refractivity contribution < 1.29 is 28.6 Å². The molecule has 432 valence electrons. The zero-order chi connectivity index (χ0) is 54.3. The molecular formula is C69H120O6. The average molecular weight is 1050 g/mol. The van der Waals surface area contributed by atoms with Gasteiger partial charge in [-0.15, -0.1) is 0 Å². The van der Waals surface area contributed by atoms with Crippen LogP contribution in [-0.2, 0) is 28.6 Å². The van der Waals surface area contributed by atoms with E-state index in [1.807, 2.05) is 0 Å². The normalized spacial score (nSPS) is 12.6. The molecule has 0 amide bonds. The van der Waals surface area contributed by atoms with Crippen molar-refractivity contribution in [2.75, 3.05) is 13.2 Å². The molecule has 0 heterocycles. The number of esters is 3. The van der Waals surface area contributed by atoms with Gasteiger partial charge in [0.15, 0.2) is 6.10 Å². The molecule has 0 aromatic heterocycles. The Kier molecular flexibility index (Phi) is 60.3. The van der Waals surface area contributed by atoms with Crippen LogP contribution in [0, 0.1) is 0 Å². The van der Waals surface area contributed by atoms with Crippen molar-refractivity contribution in [2.24, 2.45) is 0 Å². The highest BCUT2D eigenvalue weighted by Crippen LogP contribution is 2.17. The van der Waals surface area contributed by atoms with Gasteiger partial charge in [-0.2, -0.15) is 0 Å². The maximum absolute atomic E-state index is 12.9. The number of unbranched alkanes of at least 4 members (excludes halogenated alkanes) is 33. The standard InChI is InChI=1S/C69H120O6/c1-4-7-10-13-16-19-21-23-25-27-29-30-31-32-33-34-35-36-37-38-40-41-43-45-47-50-53-56-59-62-68(71)74-65-66(64-73-67(70)61-58-55-52-49-18-15-12-9-6-3)75-69(72)63-60-57-54-51-48-46-44-42-39-28-26-24-22-20-17-14-11-8-5-2/h7,10,16-17,19-20,23-26,29-30,32-33,66H,4-6,8-9,11-15,18,21-22,27-28,31,34-65H2,1-3H3/b10-7-,19-16-,20-17-,25-23-,26-24-,30-29-,33-32-. The van der Waals surface area contributed by atoms with Crippen LogP contribution in [0.5, 0.6) is 0 Å². The van der Waals surface area contributed by atoms with Gasteiger partial charge in [0.1, 0.15) is 13.2 Å². The van der Waals surface area contributed by atoms with Gasteiger partial charge in [0.2, 0.25) is 0 Å². The van der Waals surface area contributed by atoms with E-state index in [9.17, 15) is 14.4 Å². The van der Waals surface area contributed by atoms with Crippen LogP contribution in [0.25, 0.3) is 0 Å². The lowest BCUT2D eigenvalue weighted by molar-refractivity contribution is -0.167. The molecule has 0 rings (SSSR count). The minimum absolute atomic E-state index is 0.0749. The molecule has 0 aliphatic heterocycles. The third kappa shape index (κ3) is 61.3. The van der Waals surface area contributed by atoms with Crippen molar-refractivity contribution in [1.82, 2.24) is 0 Å². The lowest BCUT2D eigenvalue weighted by Crippen LogP contribution is -2.30. The van der Waals surface area contributed by atoms with E-state index in [2.05, 4.69) is 106 Å². The van der Waals surface area contributed by atoms with Crippen molar-refractivity contribution in [3.63, 3.8) is 0 Å². The van der Waals surface area contributed by atoms with Crippen LogP contribution in [0.15, 0.2) is 85.1 Å². The van der Waals surface area contributed by atoms with Crippen molar-refractivity contribution in [2.45, 2.75) is 322 Å². The smallest absolute Gasteiger partial charge is 0.306 e. The Hall–Kier alpha value is -3.41. The third-order valence-corrected chi connectivity index (χ3v) is 13.9. The number of hydrogen-bond donors (Lipinski definition) is 0. The molecule has 0 saturated heterocycles. The molecule has 0 aliphatic rings. The molecule has 6 nitrogen and oxygen atoms in total. The van der Waals surface area contributed by atoms with Gasteiger partial charge < -0.3 is 14.2 Å². The Morgan fingerprint density at radius 3 is 0.840 bits per heavy atom. The Balaban J connectivity index is 4.17. The molecule has 0 bridgehead atoms. The Bertz CT molecular complexity index is 1430. The van der Waals surface area contributed by atoms with E-state index >= 15 is 0 Å². The van der Waals surface area contributed by atoms with E-state index in [1.54, 1.807) is 0 Å². The number of carbonyl (C=O) groups is 3. The van der Waals surface area contributed by atoms with E-state index in [0.29, 0.717) is 19.3 Å². The summed E-state index contributed by atoms with van der Waals surface area (Å²) in [5.74, 6) is -0.871. The summed E-state index contributed by atoms with van der Waals surface area (Å²) in [6, 6.07) is 0. The van der Waals surface area contributed by atoms with Crippen LogP contribution in [0.2, 0.25) is 0 Å². The highest BCUT2D eigenvalue weighted by molar-refractivity contribution is 5.71. The van der Waals surface area contributed by atoms with Crippen LogP contribution >= 0.6 is 0 Å². The summed E-state index contributed by atoms with van der Waals surface area (Å²) >= 11 is 0. The predicted octanol–water partition coefficient (Wildman–Crippen LogP) is 21.9. The number of hydrogen-bond acceptors (Lipinski definition) is 6. The molecule has 0 fully saturated rings. The molecule has 0 radical (unpaired) electrons. The fourth-order valence-electron chi connectivity index (χ4n) is 9.09. The van der Waals surface area contributed by atoms with Crippen LogP contribution in [-0.4, -0.2) is 37.2 Å². The monoisotopic (exact) mass is 1040 g/mol. The minimum atomic E-state index is -0.777. The van der Waals surface area contributed by atoms with Gasteiger partial charge in [0.05, 0.1) is 0 Å². The van der Waals surface area contributed by atoms with Gasteiger partial charge in [-0.3, -0.25) is 14.4 Å². The molecule has 0 N–H and O–H groups in total. The summed E-state index contributed by atoms with van der Waals surface area (Å²) in [4.78, 5) is 38.2. The summed E-state index contributed by atoms with van der Waals surface area (Å²) in [5, 5.41) is 0. The Morgan fingerprint density at radius 1 is 0.280 bits per heavy atom. The van der Waals surface area contributed by atoms with Crippen molar-refractivity contribution >= 4 is 17.9 Å². The largest absolute Gasteiger partial charge is 0.462 e. The van der Waals surface area contributed by atoms with Crippen LogP contribution in [0.1, 0.15) is 316 Å². The Morgan fingerprint density at radius 2 is 0.520 bits per heavy atom. The second-order valence-electron chi connectivity index (χ2n) is 21.3. The SMILES string of the molecule is CC/C=C\C/C=C\C/C=C\C/C=C\C/C=C\CCCCCCCCCCCCCCCC(=O)OCC(COC(=O)CCCCCCCCCCC)OC(=O)CCCCCCCCCCC/C=C\C/C=C\CCCCC. The maximum Gasteiger partial charge on any atom is 0.306 e. The topological polar surface area (TPSA) is 78.9 Å². The molecular weight excluding hydrogens is 925 g/mol. The number of rotatable bonds is 58. The van der Waals surface area contributed by atoms with Crippen molar-refractivity contribution in [1.29, 1.82) is 0 Å². The van der Waals surface area contributed by atoms with Gasteiger partial charge in [-0.1, -0.05) is 286 Å². The number of allylic oxidation sites excluding steroid dienone is 14. The Labute approximate surface area is 465 Å². The first-order valence-electron chi connectivity index (χ1n) is 32.1. The molecule has 75 heavy (non-hydrogen) atoms. The van der Waals surface area contributed by atoms with Gasteiger partial charge >= 0.3 is 17.9 Å². The second kappa shape index (κ2) is 63.1. The first-order valence-corrected chi connectivity index (χ1v) is 32.1. The first kappa shape index (κ1) is 71.6. The van der Waals surface area contributed by atoms with E-state index in [-0.39, 0.29) is 31.1 Å². The molecule has 1 atom stereocenters. The molecule has 0 aliphatic carbocycles. The van der Waals surface area contributed by atoms with E-state index in [4.69, 9.17) is 14.2 Å². The summed E-state index contributed by atoms with van der Waals surface area (Å²) < 4.78 is 16.9. The summed E-state index contributed by atoms with van der Waals surface area (Å²) in [6.45, 7) is 6.51. The molecule has 1 unspecified atom stereocenters. The van der Waals surface area contributed by atoms with Crippen molar-refractivity contribution in [3.8, 4) is 0 Å². The summed E-state index contributed by atoms with van der Waals surface area (Å²) in [7, 11) is 0. The van der Waals surface area contributed by atoms with E-state index < -0.39 is 6.10 Å². The highest BCUT2D eigenvalue weighted by atomic mass is 16.6. The number of carbonyl (C=O) groups excluding carboxylic acids is 3. The summed E-state index contributed by atoms with van der Waals surface area (Å²) in [6.07, 6.45) is 83.1. The van der Waals surface area contributed by atoms with Crippen LogP contribution in [0.3, 0.4) is 0 Å². The van der Waals surface area contributed by atoms with E-state index in [0.717, 1.165) is 96.3 Å². The number of ether oxygens (including phenoxy) is 3. The van der Waals surface area contributed by atoms with Gasteiger partial charge in [0.25, 0.3) is 0 Å². The third-order valence-electron chi connectivity index (χ3n) is 13.9. The highest BCUT2D eigenvalue weighted by Gasteiger charge is 2.19. The second-order valence-corrected chi connectivity index (χ2v) is 21.3. The summed E-state index contributed by atoms with van der Waals surface area (Å²) in [5.41, 5.74) is 0. The molecule has 0 aromatic rings. The lowest BCUT2D eigenvalue weighted by Gasteiger charge is -2.18. The predicted molar refractivity (Wildman–Crippen MR) is 325 cm³/mol. The fourth-order valence-corrected chi connectivity index (χ4v) is 9.09. The fraction of sp³-hybridized carbons (Fsp3) is 0.754.